The summed E-state index contributed by atoms with van der Waals surface area (Å²) >= 11 is 0. The molecule has 0 heterocycles. The SMILES string of the molecule is CN(C)C(=O)c1cccc(NC2=C(NC3(c4ccccc4)CCCC3)CC2=O)c1O. The van der Waals surface area contributed by atoms with Gasteiger partial charge >= 0.3 is 0 Å². The number of aromatic hydroxyl groups is 1. The van der Waals surface area contributed by atoms with Gasteiger partial charge in [0.05, 0.1) is 23.2 Å². The summed E-state index contributed by atoms with van der Waals surface area (Å²) < 4.78 is 0. The molecule has 3 N–H and O–H groups in total. The second-order valence-corrected chi connectivity index (χ2v) is 8.26. The summed E-state index contributed by atoms with van der Waals surface area (Å²) in [6.07, 6.45) is 4.65. The summed E-state index contributed by atoms with van der Waals surface area (Å²) in [6, 6.07) is 15.3. The molecule has 0 atom stereocenters. The number of nitrogens with zero attached hydrogens (tertiary/aromatic N) is 1. The molecule has 1 amide bonds. The monoisotopic (exact) mass is 405 g/mol. The molecule has 1 fully saturated rings. The van der Waals surface area contributed by atoms with Crippen LogP contribution in [-0.2, 0) is 10.3 Å². The third-order valence-electron chi connectivity index (χ3n) is 6.02. The van der Waals surface area contributed by atoms with Crippen molar-refractivity contribution in [3.05, 3.63) is 71.1 Å². The van der Waals surface area contributed by atoms with Gasteiger partial charge in [-0.3, -0.25) is 9.59 Å². The Morgan fingerprint density at radius 3 is 2.37 bits per heavy atom. The van der Waals surface area contributed by atoms with Crippen LogP contribution in [-0.4, -0.2) is 35.8 Å². The second-order valence-electron chi connectivity index (χ2n) is 8.26. The summed E-state index contributed by atoms with van der Waals surface area (Å²) in [7, 11) is 3.26. The highest BCUT2D eigenvalue weighted by Crippen LogP contribution is 2.41. The molecule has 156 valence electrons. The number of benzene rings is 2. The number of phenols is 1. The Hall–Kier alpha value is -3.28. The van der Waals surface area contributed by atoms with E-state index in [4.69, 9.17) is 0 Å². The van der Waals surface area contributed by atoms with Crippen LogP contribution in [0.3, 0.4) is 0 Å². The molecule has 4 rings (SSSR count). The van der Waals surface area contributed by atoms with Crippen molar-refractivity contribution in [2.45, 2.75) is 37.6 Å². The number of ketones is 1. The topological polar surface area (TPSA) is 81.7 Å². The lowest BCUT2D eigenvalue weighted by atomic mass is 9.85. The Balaban J connectivity index is 1.63. The van der Waals surface area contributed by atoms with Gasteiger partial charge in [0, 0.05) is 19.8 Å². The van der Waals surface area contributed by atoms with Gasteiger partial charge in [-0.2, -0.15) is 0 Å². The minimum absolute atomic E-state index is 0.0116. The first kappa shape index (κ1) is 20.0. The molecule has 6 heteroatoms. The molecular weight excluding hydrogens is 378 g/mol. The van der Waals surface area contributed by atoms with Crippen LogP contribution in [0.1, 0.15) is 48.0 Å². The third kappa shape index (κ3) is 3.54. The average molecular weight is 405 g/mol. The van der Waals surface area contributed by atoms with Crippen molar-refractivity contribution in [3.8, 4) is 5.75 Å². The summed E-state index contributed by atoms with van der Waals surface area (Å²) in [5.74, 6) is -0.457. The number of para-hydroxylation sites is 1. The van der Waals surface area contributed by atoms with E-state index in [-0.39, 0.29) is 28.5 Å². The number of carbonyl (C=O) groups is 2. The predicted molar refractivity (Wildman–Crippen MR) is 116 cm³/mol. The van der Waals surface area contributed by atoms with E-state index in [9.17, 15) is 14.7 Å². The molecule has 2 aliphatic carbocycles. The molecule has 0 radical (unpaired) electrons. The van der Waals surface area contributed by atoms with Gasteiger partial charge in [0.2, 0.25) is 0 Å². The standard InChI is InChI=1S/C24H27N3O3/c1-27(2)23(30)17-11-8-12-18(22(17)29)25-21-19(15-20(21)28)26-24(13-6-7-14-24)16-9-4-3-5-10-16/h3-5,8-12,25-26,29H,6-7,13-15H2,1-2H3. The summed E-state index contributed by atoms with van der Waals surface area (Å²) in [6.45, 7) is 0. The normalized spacial score (nSPS) is 17.5. The predicted octanol–water partition coefficient (Wildman–Crippen LogP) is 3.75. The van der Waals surface area contributed by atoms with Crippen molar-refractivity contribution in [1.29, 1.82) is 0 Å². The van der Waals surface area contributed by atoms with Crippen LogP contribution in [0.25, 0.3) is 0 Å². The average Bonchev–Trinajstić information content (AvgIpc) is 3.22. The van der Waals surface area contributed by atoms with Crippen LogP contribution in [0.5, 0.6) is 5.75 Å². The fraction of sp³-hybridized carbons (Fsp3) is 0.333. The molecule has 0 aliphatic heterocycles. The maximum absolute atomic E-state index is 12.4. The smallest absolute Gasteiger partial charge is 0.257 e. The van der Waals surface area contributed by atoms with Crippen LogP contribution in [0.15, 0.2) is 59.9 Å². The zero-order chi connectivity index (χ0) is 21.3. The summed E-state index contributed by atoms with van der Waals surface area (Å²) in [5, 5.41) is 17.3. The Morgan fingerprint density at radius 2 is 1.73 bits per heavy atom. The van der Waals surface area contributed by atoms with E-state index in [2.05, 4.69) is 22.8 Å². The van der Waals surface area contributed by atoms with Gasteiger partial charge in [0.15, 0.2) is 11.5 Å². The van der Waals surface area contributed by atoms with Crippen molar-refractivity contribution in [1.82, 2.24) is 10.2 Å². The molecule has 0 saturated heterocycles. The lowest BCUT2D eigenvalue weighted by Crippen LogP contribution is -2.44. The zero-order valence-corrected chi connectivity index (χ0v) is 17.4. The number of amides is 1. The number of rotatable bonds is 6. The Morgan fingerprint density at radius 1 is 1.03 bits per heavy atom. The molecule has 2 aromatic carbocycles. The van der Waals surface area contributed by atoms with Gasteiger partial charge in [-0.15, -0.1) is 0 Å². The van der Waals surface area contributed by atoms with Crippen LogP contribution < -0.4 is 10.6 Å². The largest absolute Gasteiger partial charge is 0.505 e. The number of phenolic OH excluding ortho intramolecular Hbond substituents is 1. The van der Waals surface area contributed by atoms with Crippen molar-refractivity contribution in [2.24, 2.45) is 0 Å². The minimum atomic E-state index is -0.294. The number of anilines is 1. The lowest BCUT2D eigenvalue weighted by Gasteiger charge is -2.37. The van der Waals surface area contributed by atoms with E-state index in [0.717, 1.165) is 31.4 Å². The molecule has 30 heavy (non-hydrogen) atoms. The number of allylic oxidation sites excluding steroid dienone is 2. The molecular formula is C24H27N3O3. The number of carbonyl (C=O) groups excluding carboxylic acids is 2. The maximum atomic E-state index is 12.4. The molecule has 0 spiro atoms. The third-order valence-corrected chi connectivity index (χ3v) is 6.02. The first-order valence-corrected chi connectivity index (χ1v) is 10.3. The van der Waals surface area contributed by atoms with Crippen LogP contribution >= 0.6 is 0 Å². The highest BCUT2D eigenvalue weighted by atomic mass is 16.3. The van der Waals surface area contributed by atoms with Gasteiger partial charge in [-0.1, -0.05) is 49.2 Å². The van der Waals surface area contributed by atoms with Gasteiger partial charge < -0.3 is 20.6 Å². The van der Waals surface area contributed by atoms with Crippen molar-refractivity contribution in [3.63, 3.8) is 0 Å². The Bertz CT molecular complexity index is 1010. The van der Waals surface area contributed by atoms with Crippen LogP contribution in [0, 0.1) is 0 Å². The maximum Gasteiger partial charge on any atom is 0.257 e. The van der Waals surface area contributed by atoms with Crippen molar-refractivity contribution < 1.29 is 14.7 Å². The lowest BCUT2D eigenvalue weighted by molar-refractivity contribution is -0.116. The van der Waals surface area contributed by atoms with Gasteiger partial charge in [0.25, 0.3) is 5.91 Å². The fourth-order valence-corrected chi connectivity index (χ4v) is 4.35. The van der Waals surface area contributed by atoms with E-state index in [1.54, 1.807) is 32.3 Å². The van der Waals surface area contributed by atoms with Gasteiger partial charge in [-0.25, -0.2) is 0 Å². The van der Waals surface area contributed by atoms with Crippen LogP contribution in [0.4, 0.5) is 5.69 Å². The quantitative estimate of drug-likeness (QED) is 0.638. The highest BCUT2D eigenvalue weighted by Gasteiger charge is 2.39. The first-order chi connectivity index (χ1) is 14.4. The van der Waals surface area contributed by atoms with Crippen molar-refractivity contribution >= 4 is 17.4 Å². The molecule has 6 nitrogen and oxygen atoms in total. The highest BCUT2D eigenvalue weighted by molar-refractivity contribution is 6.07. The Kier molecular flexibility index (Phi) is 5.24. The van der Waals surface area contributed by atoms with Gasteiger partial charge in [-0.05, 0) is 30.5 Å². The van der Waals surface area contributed by atoms with E-state index in [1.165, 1.54) is 10.5 Å². The van der Waals surface area contributed by atoms with E-state index >= 15 is 0 Å². The second kappa shape index (κ2) is 7.86. The van der Waals surface area contributed by atoms with Crippen molar-refractivity contribution in [2.75, 3.05) is 19.4 Å². The first-order valence-electron chi connectivity index (χ1n) is 10.3. The molecule has 2 aromatic rings. The summed E-state index contributed by atoms with van der Waals surface area (Å²) in [5.41, 5.74) is 2.93. The van der Waals surface area contributed by atoms with E-state index in [1.807, 2.05) is 18.2 Å². The summed E-state index contributed by atoms with van der Waals surface area (Å²) in [4.78, 5) is 26.1. The number of hydrogen-bond donors (Lipinski definition) is 3. The number of Topliss-reactive ketones (excluding diaryl/α,β-unsaturated/α-hetero) is 1. The number of nitrogens with one attached hydrogen (secondary N) is 2. The van der Waals surface area contributed by atoms with Gasteiger partial charge in [0.1, 0.15) is 5.70 Å². The van der Waals surface area contributed by atoms with E-state index < -0.39 is 0 Å². The molecule has 0 bridgehead atoms. The fourth-order valence-electron chi connectivity index (χ4n) is 4.35. The van der Waals surface area contributed by atoms with E-state index in [0.29, 0.717) is 17.8 Å². The number of hydrogen-bond acceptors (Lipinski definition) is 5. The molecule has 0 aromatic heterocycles. The minimum Gasteiger partial charge on any atom is -0.505 e. The molecule has 1 saturated carbocycles. The molecule has 0 unspecified atom stereocenters. The Labute approximate surface area is 176 Å². The van der Waals surface area contributed by atoms with Crippen LogP contribution in [0.2, 0.25) is 0 Å². The molecule has 2 aliphatic rings. The zero-order valence-electron chi connectivity index (χ0n) is 17.4.